The van der Waals surface area contributed by atoms with E-state index in [1.54, 1.807) is 0 Å². The first-order valence-corrected chi connectivity index (χ1v) is 7.19. The molecular weight excluding hydrogens is 238 g/mol. The van der Waals surface area contributed by atoms with Crippen LogP contribution in [0.15, 0.2) is 18.3 Å². The zero-order valence-corrected chi connectivity index (χ0v) is 12.3. The van der Waals surface area contributed by atoms with Crippen LogP contribution >= 0.6 is 0 Å². The lowest BCUT2D eigenvalue weighted by Crippen LogP contribution is -2.42. The molecule has 1 aliphatic rings. The molecule has 0 amide bonds. The van der Waals surface area contributed by atoms with E-state index < -0.39 is 0 Å². The molecule has 0 aromatic carbocycles. The third kappa shape index (κ3) is 3.45. The summed E-state index contributed by atoms with van der Waals surface area (Å²) < 4.78 is 1.91. The Morgan fingerprint density at radius 2 is 2.16 bits per heavy atom. The van der Waals surface area contributed by atoms with E-state index in [0.717, 1.165) is 38.2 Å². The number of aryl methyl sites for hydroxylation is 1. The number of hydrogen-bond acceptors (Lipinski definition) is 3. The monoisotopic (exact) mass is 263 g/mol. The molecule has 0 bridgehead atoms. The lowest BCUT2D eigenvalue weighted by Gasteiger charge is -2.29. The molecule has 19 heavy (non-hydrogen) atoms. The molecule has 1 saturated heterocycles. The highest BCUT2D eigenvalue weighted by atomic mass is 16.1. The van der Waals surface area contributed by atoms with Crippen molar-refractivity contribution in [2.24, 2.45) is 7.05 Å². The molecule has 2 heterocycles. The first-order valence-electron chi connectivity index (χ1n) is 7.19. The van der Waals surface area contributed by atoms with E-state index >= 15 is 0 Å². The van der Waals surface area contributed by atoms with Gasteiger partial charge in [-0.1, -0.05) is 6.92 Å². The van der Waals surface area contributed by atoms with Crippen molar-refractivity contribution in [3.05, 3.63) is 24.0 Å². The molecule has 106 valence electrons. The van der Waals surface area contributed by atoms with Crippen LogP contribution in [0, 0.1) is 0 Å². The number of hydrogen-bond donors (Lipinski definition) is 0. The topological polar surface area (TPSA) is 28.5 Å². The fraction of sp³-hybridized carbons (Fsp3) is 0.667. The molecule has 1 aromatic heterocycles. The maximum absolute atomic E-state index is 12.4. The minimum atomic E-state index is 0.232. The van der Waals surface area contributed by atoms with E-state index in [0.29, 0.717) is 12.6 Å². The standard InChI is InChI=1S/C15H25N3O/c1-4-13-11-16(2)8-6-10-18(13)12-15(19)14-7-5-9-17(14)3/h5,7,9,13H,4,6,8,10-12H2,1-3H3. The van der Waals surface area contributed by atoms with Gasteiger partial charge in [0.1, 0.15) is 0 Å². The van der Waals surface area contributed by atoms with E-state index in [-0.39, 0.29) is 5.78 Å². The molecule has 1 aromatic rings. The van der Waals surface area contributed by atoms with Gasteiger partial charge >= 0.3 is 0 Å². The van der Waals surface area contributed by atoms with Crippen molar-refractivity contribution >= 4 is 5.78 Å². The summed E-state index contributed by atoms with van der Waals surface area (Å²) in [6.45, 7) is 5.98. The Hall–Kier alpha value is -1.13. The molecule has 1 aliphatic heterocycles. The number of carbonyl (C=O) groups excluding carboxylic acids is 1. The van der Waals surface area contributed by atoms with Gasteiger partial charge in [0.05, 0.1) is 12.2 Å². The Bertz CT molecular complexity index is 427. The van der Waals surface area contributed by atoms with Crippen molar-refractivity contribution in [3.63, 3.8) is 0 Å². The van der Waals surface area contributed by atoms with Crippen molar-refractivity contribution in [2.45, 2.75) is 25.8 Å². The summed E-state index contributed by atoms with van der Waals surface area (Å²) in [5.74, 6) is 0.232. The minimum Gasteiger partial charge on any atom is -0.348 e. The van der Waals surface area contributed by atoms with Crippen LogP contribution in [0.4, 0.5) is 0 Å². The molecule has 1 unspecified atom stereocenters. The maximum Gasteiger partial charge on any atom is 0.193 e. The molecule has 0 saturated carbocycles. The van der Waals surface area contributed by atoms with Crippen LogP contribution in [0.3, 0.4) is 0 Å². The molecule has 2 rings (SSSR count). The highest BCUT2D eigenvalue weighted by Crippen LogP contribution is 2.13. The van der Waals surface area contributed by atoms with Gasteiger partial charge in [-0.15, -0.1) is 0 Å². The maximum atomic E-state index is 12.4. The summed E-state index contributed by atoms with van der Waals surface area (Å²) in [6.07, 6.45) is 4.18. The van der Waals surface area contributed by atoms with E-state index in [2.05, 4.69) is 23.8 Å². The lowest BCUT2D eigenvalue weighted by atomic mass is 10.1. The smallest absolute Gasteiger partial charge is 0.193 e. The molecule has 4 nitrogen and oxygen atoms in total. The number of nitrogens with zero attached hydrogens (tertiary/aromatic N) is 3. The molecule has 0 N–H and O–H groups in total. The first-order chi connectivity index (χ1) is 9.11. The fourth-order valence-electron chi connectivity index (χ4n) is 2.90. The molecule has 4 heteroatoms. The Balaban J connectivity index is 2.04. The van der Waals surface area contributed by atoms with Crippen molar-refractivity contribution in [1.82, 2.24) is 14.4 Å². The molecule has 1 fully saturated rings. The summed E-state index contributed by atoms with van der Waals surface area (Å²) in [5, 5.41) is 0. The van der Waals surface area contributed by atoms with E-state index in [9.17, 15) is 4.79 Å². The molecule has 0 radical (unpaired) electrons. The van der Waals surface area contributed by atoms with Gasteiger partial charge in [0, 0.05) is 32.4 Å². The molecule has 0 spiro atoms. The normalized spacial score (nSPS) is 22.4. The van der Waals surface area contributed by atoms with Crippen LogP contribution in [0.1, 0.15) is 30.3 Å². The molecular formula is C15H25N3O. The summed E-state index contributed by atoms with van der Waals surface area (Å²) >= 11 is 0. The number of aromatic nitrogens is 1. The van der Waals surface area contributed by atoms with Gasteiger partial charge in [0.2, 0.25) is 0 Å². The van der Waals surface area contributed by atoms with Gasteiger partial charge in [0.25, 0.3) is 0 Å². The van der Waals surface area contributed by atoms with Crippen molar-refractivity contribution < 1.29 is 4.79 Å². The van der Waals surface area contributed by atoms with Crippen molar-refractivity contribution in [1.29, 1.82) is 0 Å². The van der Waals surface area contributed by atoms with Crippen molar-refractivity contribution in [2.75, 3.05) is 33.2 Å². The minimum absolute atomic E-state index is 0.232. The van der Waals surface area contributed by atoms with Crippen LogP contribution in [0.2, 0.25) is 0 Å². The Morgan fingerprint density at radius 3 is 2.79 bits per heavy atom. The van der Waals surface area contributed by atoms with Gasteiger partial charge < -0.3 is 9.47 Å². The third-order valence-electron chi connectivity index (χ3n) is 4.07. The Morgan fingerprint density at radius 1 is 1.37 bits per heavy atom. The number of carbonyl (C=O) groups is 1. The zero-order chi connectivity index (χ0) is 13.8. The average Bonchev–Trinajstić information content (AvgIpc) is 2.72. The van der Waals surface area contributed by atoms with Gasteiger partial charge in [-0.2, -0.15) is 0 Å². The molecule has 1 atom stereocenters. The van der Waals surface area contributed by atoms with Gasteiger partial charge in [-0.05, 0) is 38.6 Å². The second kappa shape index (κ2) is 6.35. The van der Waals surface area contributed by atoms with Gasteiger partial charge in [0.15, 0.2) is 5.78 Å². The van der Waals surface area contributed by atoms with Crippen LogP contribution in [0.5, 0.6) is 0 Å². The van der Waals surface area contributed by atoms with E-state index in [1.165, 1.54) is 0 Å². The first kappa shape index (κ1) is 14.3. The fourth-order valence-corrected chi connectivity index (χ4v) is 2.90. The summed E-state index contributed by atoms with van der Waals surface area (Å²) in [5.41, 5.74) is 0.812. The lowest BCUT2D eigenvalue weighted by molar-refractivity contribution is 0.0880. The van der Waals surface area contributed by atoms with E-state index in [4.69, 9.17) is 0 Å². The Labute approximate surface area is 116 Å². The van der Waals surface area contributed by atoms with Gasteiger partial charge in [-0.25, -0.2) is 0 Å². The highest BCUT2D eigenvalue weighted by molar-refractivity contribution is 5.96. The largest absolute Gasteiger partial charge is 0.348 e. The summed E-state index contributed by atoms with van der Waals surface area (Å²) in [7, 11) is 4.10. The van der Waals surface area contributed by atoms with Crippen LogP contribution < -0.4 is 0 Å². The number of Topliss-reactive ketones (excluding diaryl/α,β-unsaturated/α-hetero) is 1. The predicted molar refractivity (Wildman–Crippen MR) is 77.5 cm³/mol. The number of rotatable bonds is 4. The average molecular weight is 263 g/mol. The second-order valence-electron chi connectivity index (χ2n) is 5.58. The highest BCUT2D eigenvalue weighted by Gasteiger charge is 2.24. The quantitative estimate of drug-likeness (QED) is 0.773. The Kier molecular flexibility index (Phi) is 4.77. The SMILES string of the molecule is CCC1CN(C)CCCN1CC(=O)c1cccn1C. The zero-order valence-electron chi connectivity index (χ0n) is 12.3. The number of ketones is 1. The summed E-state index contributed by atoms with van der Waals surface area (Å²) in [6, 6.07) is 4.34. The van der Waals surface area contributed by atoms with Crippen molar-refractivity contribution in [3.8, 4) is 0 Å². The van der Waals surface area contributed by atoms with Gasteiger partial charge in [-0.3, -0.25) is 9.69 Å². The molecule has 0 aliphatic carbocycles. The predicted octanol–water partition coefficient (Wildman–Crippen LogP) is 1.62. The summed E-state index contributed by atoms with van der Waals surface area (Å²) in [4.78, 5) is 17.1. The second-order valence-corrected chi connectivity index (χ2v) is 5.58. The van der Waals surface area contributed by atoms with Crippen LogP contribution in [-0.4, -0.2) is 59.4 Å². The van der Waals surface area contributed by atoms with Crippen LogP contribution in [0.25, 0.3) is 0 Å². The number of likely N-dealkylation sites (N-methyl/N-ethyl adjacent to an activating group) is 1. The van der Waals surface area contributed by atoms with E-state index in [1.807, 2.05) is 29.9 Å². The third-order valence-corrected chi connectivity index (χ3v) is 4.07. The van der Waals surface area contributed by atoms with Crippen LogP contribution in [-0.2, 0) is 7.05 Å².